The van der Waals surface area contributed by atoms with Gasteiger partial charge in [-0.05, 0) is 11.6 Å². The molecule has 0 fully saturated rings. The van der Waals surface area contributed by atoms with Crippen molar-refractivity contribution in [2.75, 3.05) is 20.7 Å². The van der Waals surface area contributed by atoms with Gasteiger partial charge in [0.15, 0.2) is 12.6 Å². The Balaban J connectivity index is 2.02. The normalized spacial score (nSPS) is 12.0. The quantitative estimate of drug-likeness (QED) is 0.630. The van der Waals surface area contributed by atoms with Crippen LogP contribution < -0.4 is 10.1 Å². The molecule has 0 bridgehead atoms. The van der Waals surface area contributed by atoms with Crippen LogP contribution in [-0.2, 0) is 13.1 Å². The molecular weight excluding hydrogens is 345 g/mol. The highest BCUT2D eigenvalue weighted by molar-refractivity contribution is 5.79. The summed E-state index contributed by atoms with van der Waals surface area (Å²) < 4.78 is 41.9. The summed E-state index contributed by atoms with van der Waals surface area (Å²) in [6.45, 7) is -0.641. The molecule has 1 aromatic heterocycles. The van der Waals surface area contributed by atoms with Crippen molar-refractivity contribution in [3.05, 3.63) is 59.8 Å². The van der Waals surface area contributed by atoms with E-state index in [4.69, 9.17) is 4.74 Å². The van der Waals surface area contributed by atoms with Crippen molar-refractivity contribution in [2.24, 2.45) is 4.99 Å². The van der Waals surface area contributed by atoms with E-state index in [0.717, 1.165) is 5.56 Å². The molecule has 0 radical (unpaired) electrons. The van der Waals surface area contributed by atoms with Crippen molar-refractivity contribution in [3.63, 3.8) is 0 Å². The lowest BCUT2D eigenvalue weighted by Gasteiger charge is -2.19. The van der Waals surface area contributed by atoms with Crippen molar-refractivity contribution in [2.45, 2.75) is 19.3 Å². The minimum Gasteiger partial charge on any atom is -0.468 e. The van der Waals surface area contributed by atoms with Gasteiger partial charge in [-0.3, -0.25) is 0 Å². The number of guanidine groups is 1. The zero-order valence-corrected chi connectivity index (χ0v) is 14.6. The predicted octanol–water partition coefficient (Wildman–Crippen LogP) is 3.23. The number of ether oxygens (including phenoxy) is 1. The molecule has 1 aromatic carbocycles. The molecule has 1 heterocycles. The maximum Gasteiger partial charge on any atom is 0.422 e. The van der Waals surface area contributed by atoms with Crippen LogP contribution >= 0.6 is 0 Å². The van der Waals surface area contributed by atoms with Gasteiger partial charge >= 0.3 is 6.18 Å². The number of hydrogen-bond acceptors (Lipinski definition) is 3. The fourth-order valence-corrected chi connectivity index (χ4v) is 2.12. The van der Waals surface area contributed by atoms with E-state index in [1.54, 1.807) is 17.0 Å². The topological polar surface area (TPSA) is 49.8 Å². The standard InChI is InChI=1S/C18H21F3N4O/c1-25(2)17(23-11-14-7-4-3-5-8-14)24-12-15-9-6-10-22-16(15)26-13-18(19,20)21/h3-10H,11-13H2,1-2H3,(H,23,24). The second kappa shape index (κ2) is 9.07. The lowest BCUT2D eigenvalue weighted by atomic mass is 10.2. The van der Waals surface area contributed by atoms with Crippen LogP contribution in [0.15, 0.2) is 53.7 Å². The third-order valence-corrected chi connectivity index (χ3v) is 3.34. The molecule has 1 N–H and O–H groups in total. The molecular formula is C18H21F3N4O. The Labute approximate surface area is 150 Å². The molecule has 0 amide bonds. The third kappa shape index (κ3) is 6.62. The molecule has 0 atom stereocenters. The Hall–Kier alpha value is -2.77. The largest absolute Gasteiger partial charge is 0.468 e. The highest BCUT2D eigenvalue weighted by atomic mass is 19.4. The minimum atomic E-state index is -4.41. The highest BCUT2D eigenvalue weighted by Crippen LogP contribution is 2.19. The minimum absolute atomic E-state index is 0.0431. The molecule has 140 valence electrons. The van der Waals surface area contributed by atoms with Crippen LogP contribution in [0.2, 0.25) is 0 Å². The third-order valence-electron chi connectivity index (χ3n) is 3.34. The van der Waals surface area contributed by atoms with Gasteiger partial charge in [0.25, 0.3) is 0 Å². The fourth-order valence-electron chi connectivity index (χ4n) is 2.12. The summed E-state index contributed by atoms with van der Waals surface area (Å²) in [5.41, 5.74) is 1.58. The van der Waals surface area contributed by atoms with Crippen LogP contribution in [0.3, 0.4) is 0 Å². The Morgan fingerprint density at radius 3 is 2.54 bits per heavy atom. The van der Waals surface area contributed by atoms with Crippen molar-refractivity contribution in [3.8, 4) is 5.88 Å². The van der Waals surface area contributed by atoms with Crippen molar-refractivity contribution >= 4 is 5.96 Å². The first-order valence-electron chi connectivity index (χ1n) is 7.98. The van der Waals surface area contributed by atoms with Crippen LogP contribution in [-0.4, -0.2) is 42.7 Å². The number of hydrogen-bond donors (Lipinski definition) is 1. The molecule has 0 aliphatic carbocycles. The molecule has 0 aliphatic heterocycles. The fraction of sp³-hybridized carbons (Fsp3) is 0.333. The van der Waals surface area contributed by atoms with Gasteiger partial charge in [-0.1, -0.05) is 36.4 Å². The number of aromatic nitrogens is 1. The van der Waals surface area contributed by atoms with Crippen molar-refractivity contribution in [1.82, 2.24) is 15.2 Å². The lowest BCUT2D eigenvalue weighted by molar-refractivity contribution is -0.154. The molecule has 2 aromatic rings. The van der Waals surface area contributed by atoms with Crippen LogP contribution in [0, 0.1) is 0 Å². The Bertz CT molecular complexity index is 718. The average molecular weight is 366 g/mol. The molecule has 2 rings (SSSR count). The number of nitrogens with one attached hydrogen (secondary N) is 1. The predicted molar refractivity (Wildman–Crippen MR) is 93.9 cm³/mol. The van der Waals surface area contributed by atoms with Crippen LogP contribution in [0.4, 0.5) is 13.2 Å². The zero-order chi connectivity index (χ0) is 19.0. The first-order valence-corrected chi connectivity index (χ1v) is 7.98. The Morgan fingerprint density at radius 1 is 1.15 bits per heavy atom. The second-order valence-corrected chi connectivity index (χ2v) is 5.74. The van der Waals surface area contributed by atoms with Gasteiger partial charge in [-0.2, -0.15) is 13.2 Å². The van der Waals surface area contributed by atoms with E-state index in [-0.39, 0.29) is 12.4 Å². The van der Waals surface area contributed by atoms with Gasteiger partial charge in [-0.25, -0.2) is 9.98 Å². The number of alkyl halides is 3. The number of pyridine rings is 1. The summed E-state index contributed by atoms with van der Waals surface area (Å²) >= 11 is 0. The molecule has 0 unspecified atom stereocenters. The van der Waals surface area contributed by atoms with Crippen LogP contribution in [0.5, 0.6) is 5.88 Å². The molecule has 0 saturated heterocycles. The molecule has 26 heavy (non-hydrogen) atoms. The summed E-state index contributed by atoms with van der Waals surface area (Å²) in [6, 6.07) is 13.1. The Morgan fingerprint density at radius 2 is 1.88 bits per heavy atom. The summed E-state index contributed by atoms with van der Waals surface area (Å²) in [5.74, 6) is 0.568. The van der Waals surface area contributed by atoms with Crippen molar-refractivity contribution < 1.29 is 17.9 Å². The first-order chi connectivity index (χ1) is 12.3. The number of nitrogens with zero attached hydrogens (tertiary/aromatic N) is 3. The van der Waals surface area contributed by atoms with E-state index in [9.17, 15) is 13.2 Å². The van der Waals surface area contributed by atoms with E-state index in [0.29, 0.717) is 18.1 Å². The smallest absolute Gasteiger partial charge is 0.422 e. The highest BCUT2D eigenvalue weighted by Gasteiger charge is 2.29. The molecule has 5 nitrogen and oxygen atoms in total. The average Bonchev–Trinajstić information content (AvgIpc) is 2.60. The number of benzene rings is 1. The Kier molecular flexibility index (Phi) is 6.82. The summed E-state index contributed by atoms with van der Waals surface area (Å²) in [4.78, 5) is 10.2. The first kappa shape index (κ1) is 19.6. The van der Waals surface area contributed by atoms with Gasteiger partial charge in [0.2, 0.25) is 5.88 Å². The second-order valence-electron chi connectivity index (χ2n) is 5.74. The van der Waals surface area contributed by atoms with E-state index in [2.05, 4.69) is 15.3 Å². The molecule has 0 aliphatic rings. The van der Waals surface area contributed by atoms with Crippen LogP contribution in [0.1, 0.15) is 11.1 Å². The van der Waals surface area contributed by atoms with E-state index in [1.165, 1.54) is 6.20 Å². The maximum atomic E-state index is 12.4. The van der Waals surface area contributed by atoms with Gasteiger partial charge in [-0.15, -0.1) is 0 Å². The van der Waals surface area contributed by atoms with Gasteiger partial charge in [0.1, 0.15) is 0 Å². The number of aliphatic imine (C=N–C) groups is 1. The zero-order valence-electron chi connectivity index (χ0n) is 14.6. The summed E-state index contributed by atoms with van der Waals surface area (Å²) in [6.07, 6.45) is -3.01. The van der Waals surface area contributed by atoms with Gasteiger partial charge < -0.3 is 15.0 Å². The SMILES string of the molecule is CN(C)C(=NCc1ccccc1)NCc1cccnc1OCC(F)(F)F. The molecule has 0 spiro atoms. The lowest BCUT2D eigenvalue weighted by Crippen LogP contribution is -2.36. The number of rotatable bonds is 6. The summed E-state index contributed by atoms with van der Waals surface area (Å²) in [7, 11) is 3.67. The van der Waals surface area contributed by atoms with Crippen LogP contribution in [0.25, 0.3) is 0 Å². The van der Waals surface area contributed by atoms with Crippen molar-refractivity contribution in [1.29, 1.82) is 0 Å². The van der Waals surface area contributed by atoms with E-state index >= 15 is 0 Å². The maximum absolute atomic E-state index is 12.4. The molecule has 8 heteroatoms. The van der Waals surface area contributed by atoms with E-state index in [1.807, 2.05) is 44.4 Å². The summed E-state index contributed by atoms with van der Waals surface area (Å²) in [5, 5.41) is 3.12. The number of halogens is 3. The van der Waals surface area contributed by atoms with Gasteiger partial charge in [0.05, 0.1) is 6.54 Å². The van der Waals surface area contributed by atoms with E-state index < -0.39 is 12.8 Å². The van der Waals surface area contributed by atoms with Gasteiger partial charge in [0, 0.05) is 32.4 Å². The molecule has 0 saturated carbocycles. The monoisotopic (exact) mass is 366 g/mol.